The van der Waals surface area contributed by atoms with Crippen molar-refractivity contribution in [3.63, 3.8) is 0 Å². The molecule has 31 heavy (non-hydrogen) atoms. The van der Waals surface area contributed by atoms with E-state index in [9.17, 15) is 0 Å². The van der Waals surface area contributed by atoms with Gasteiger partial charge in [0.05, 0.1) is 7.11 Å². The molecule has 0 aliphatic carbocycles. The van der Waals surface area contributed by atoms with Gasteiger partial charge in [-0.2, -0.15) is 0 Å². The first kappa shape index (κ1) is 23.7. The topological polar surface area (TPSA) is 14.2 Å². The van der Waals surface area contributed by atoms with Crippen molar-refractivity contribution in [3.05, 3.63) is 64.3 Å². The molecular formula is C28H38ClNO. The van der Waals surface area contributed by atoms with Crippen LogP contribution in [0.25, 0.3) is 10.9 Å². The van der Waals surface area contributed by atoms with Gasteiger partial charge in [-0.25, -0.2) is 0 Å². The molecule has 3 rings (SSSR count). The second-order valence-corrected chi connectivity index (χ2v) is 11.2. The SMILES string of the molecule is CCC(C)(C)Cc1c(CCC(C)(C)C)c2cc(OC)ccc2n1Cc1ccc(Cl)cc1. The van der Waals surface area contributed by atoms with Crippen LogP contribution in [-0.2, 0) is 19.4 Å². The number of methoxy groups -OCH3 is 1. The van der Waals surface area contributed by atoms with Gasteiger partial charge in [0.25, 0.3) is 0 Å². The van der Waals surface area contributed by atoms with Crippen molar-refractivity contribution < 1.29 is 4.74 Å². The van der Waals surface area contributed by atoms with Gasteiger partial charge < -0.3 is 9.30 Å². The second-order valence-electron chi connectivity index (χ2n) is 10.8. The van der Waals surface area contributed by atoms with Crippen LogP contribution in [0.15, 0.2) is 42.5 Å². The fourth-order valence-electron chi connectivity index (χ4n) is 4.10. The molecule has 0 saturated carbocycles. The molecule has 1 heterocycles. The van der Waals surface area contributed by atoms with E-state index < -0.39 is 0 Å². The minimum absolute atomic E-state index is 0.243. The number of aryl methyl sites for hydroxylation is 1. The molecule has 0 aliphatic rings. The lowest BCUT2D eigenvalue weighted by Crippen LogP contribution is -2.18. The van der Waals surface area contributed by atoms with E-state index in [1.807, 2.05) is 12.1 Å². The molecule has 0 saturated heterocycles. The molecule has 2 aromatic carbocycles. The molecule has 0 atom stereocenters. The third kappa shape index (κ3) is 5.86. The van der Waals surface area contributed by atoms with Crippen molar-refractivity contribution in [2.45, 2.75) is 73.8 Å². The zero-order chi connectivity index (χ0) is 22.8. The lowest BCUT2D eigenvalue weighted by molar-refractivity contribution is 0.338. The normalized spacial score (nSPS) is 12.5. The summed E-state index contributed by atoms with van der Waals surface area (Å²) in [6, 6.07) is 14.8. The van der Waals surface area contributed by atoms with Crippen LogP contribution in [0.5, 0.6) is 5.75 Å². The van der Waals surface area contributed by atoms with Gasteiger partial charge in [-0.05, 0) is 71.6 Å². The summed E-state index contributed by atoms with van der Waals surface area (Å²) < 4.78 is 8.14. The van der Waals surface area contributed by atoms with Gasteiger partial charge in [-0.1, -0.05) is 71.7 Å². The maximum Gasteiger partial charge on any atom is 0.119 e. The first-order chi connectivity index (χ1) is 14.5. The number of ether oxygens (including phenoxy) is 1. The molecule has 0 aliphatic heterocycles. The highest BCUT2D eigenvalue weighted by Gasteiger charge is 2.25. The highest BCUT2D eigenvalue weighted by molar-refractivity contribution is 6.30. The lowest BCUT2D eigenvalue weighted by Gasteiger charge is -2.26. The van der Waals surface area contributed by atoms with Crippen molar-refractivity contribution in [1.82, 2.24) is 4.57 Å². The van der Waals surface area contributed by atoms with Crippen LogP contribution in [0.3, 0.4) is 0 Å². The Labute approximate surface area is 193 Å². The van der Waals surface area contributed by atoms with Crippen molar-refractivity contribution in [2.75, 3.05) is 7.11 Å². The van der Waals surface area contributed by atoms with E-state index in [0.29, 0.717) is 5.41 Å². The minimum Gasteiger partial charge on any atom is -0.497 e. The Morgan fingerprint density at radius 2 is 1.65 bits per heavy atom. The molecule has 3 heteroatoms. The summed E-state index contributed by atoms with van der Waals surface area (Å²) in [5.41, 5.74) is 6.05. The first-order valence-electron chi connectivity index (χ1n) is 11.5. The zero-order valence-corrected chi connectivity index (χ0v) is 21.1. The number of benzene rings is 2. The minimum atomic E-state index is 0.243. The summed E-state index contributed by atoms with van der Waals surface area (Å²) in [4.78, 5) is 0. The van der Waals surface area contributed by atoms with Crippen LogP contribution in [0.2, 0.25) is 5.02 Å². The molecule has 168 valence electrons. The highest BCUT2D eigenvalue weighted by Crippen LogP contribution is 2.37. The molecule has 0 radical (unpaired) electrons. The Hall–Kier alpha value is -1.93. The summed E-state index contributed by atoms with van der Waals surface area (Å²) >= 11 is 6.15. The average molecular weight is 440 g/mol. The fraction of sp³-hybridized carbons (Fsp3) is 0.500. The second kappa shape index (κ2) is 9.28. The number of aromatic nitrogens is 1. The first-order valence-corrected chi connectivity index (χ1v) is 11.8. The molecular weight excluding hydrogens is 402 g/mol. The van der Waals surface area contributed by atoms with Gasteiger partial charge in [0, 0.05) is 28.2 Å². The number of rotatable bonds is 8. The van der Waals surface area contributed by atoms with Crippen LogP contribution >= 0.6 is 11.6 Å². The van der Waals surface area contributed by atoms with Crippen molar-refractivity contribution in [3.8, 4) is 5.75 Å². The van der Waals surface area contributed by atoms with E-state index in [1.54, 1.807) is 7.11 Å². The highest BCUT2D eigenvalue weighted by atomic mass is 35.5. The maximum absolute atomic E-state index is 6.15. The van der Waals surface area contributed by atoms with Crippen molar-refractivity contribution >= 4 is 22.5 Å². The Morgan fingerprint density at radius 1 is 0.968 bits per heavy atom. The Bertz CT molecular complexity index is 1020. The van der Waals surface area contributed by atoms with Gasteiger partial charge in [0.15, 0.2) is 0 Å². The lowest BCUT2D eigenvalue weighted by atomic mass is 9.82. The molecule has 1 aromatic heterocycles. The summed E-state index contributed by atoms with van der Waals surface area (Å²) in [5.74, 6) is 0.925. The van der Waals surface area contributed by atoms with E-state index in [-0.39, 0.29) is 5.41 Å². The smallest absolute Gasteiger partial charge is 0.119 e. The molecule has 0 bridgehead atoms. The maximum atomic E-state index is 6.15. The number of fused-ring (bicyclic) bond motifs is 1. The van der Waals surface area contributed by atoms with Crippen molar-refractivity contribution in [2.24, 2.45) is 10.8 Å². The van der Waals surface area contributed by atoms with E-state index in [1.165, 1.54) is 27.7 Å². The standard InChI is InChI=1S/C28H38ClNO/c1-8-28(5,6)18-26-23(15-16-27(2,3)4)24-17-22(31-7)13-14-25(24)30(26)19-20-9-11-21(29)12-10-20/h9-14,17H,8,15-16,18-19H2,1-7H3. The molecule has 0 fully saturated rings. The zero-order valence-electron chi connectivity index (χ0n) is 20.3. The van der Waals surface area contributed by atoms with E-state index in [0.717, 1.165) is 43.0 Å². The largest absolute Gasteiger partial charge is 0.497 e. The monoisotopic (exact) mass is 439 g/mol. The van der Waals surface area contributed by atoms with E-state index >= 15 is 0 Å². The molecule has 0 spiro atoms. The van der Waals surface area contributed by atoms with E-state index in [2.05, 4.69) is 76.4 Å². The summed E-state index contributed by atoms with van der Waals surface area (Å²) in [6.07, 6.45) is 4.45. The molecule has 3 aromatic rings. The van der Waals surface area contributed by atoms with E-state index in [4.69, 9.17) is 16.3 Å². The summed E-state index contributed by atoms with van der Waals surface area (Å²) in [6.45, 7) is 14.9. The third-order valence-electron chi connectivity index (χ3n) is 6.48. The van der Waals surface area contributed by atoms with Crippen LogP contribution < -0.4 is 4.74 Å². The fourth-order valence-corrected chi connectivity index (χ4v) is 4.22. The van der Waals surface area contributed by atoms with Crippen LogP contribution in [0.1, 0.15) is 71.2 Å². The molecule has 0 unspecified atom stereocenters. The Morgan fingerprint density at radius 3 is 2.23 bits per heavy atom. The Kier molecular flexibility index (Phi) is 7.11. The van der Waals surface area contributed by atoms with Crippen LogP contribution in [0.4, 0.5) is 0 Å². The average Bonchev–Trinajstić information content (AvgIpc) is 2.98. The van der Waals surface area contributed by atoms with Crippen LogP contribution in [0, 0.1) is 10.8 Å². The third-order valence-corrected chi connectivity index (χ3v) is 6.73. The number of hydrogen-bond donors (Lipinski definition) is 0. The van der Waals surface area contributed by atoms with Gasteiger partial charge in [0.1, 0.15) is 5.75 Å². The van der Waals surface area contributed by atoms with Crippen LogP contribution in [-0.4, -0.2) is 11.7 Å². The van der Waals surface area contributed by atoms with Crippen molar-refractivity contribution in [1.29, 1.82) is 0 Å². The summed E-state index contributed by atoms with van der Waals surface area (Å²) in [7, 11) is 1.75. The quantitative estimate of drug-likeness (QED) is 0.344. The van der Waals surface area contributed by atoms with Gasteiger partial charge in [0.2, 0.25) is 0 Å². The van der Waals surface area contributed by atoms with Gasteiger partial charge in [-0.3, -0.25) is 0 Å². The Balaban J connectivity index is 2.20. The predicted octanol–water partition coefficient (Wildman–Crippen LogP) is 8.31. The van der Waals surface area contributed by atoms with Gasteiger partial charge >= 0.3 is 0 Å². The molecule has 0 N–H and O–H groups in total. The summed E-state index contributed by atoms with van der Waals surface area (Å²) in [5, 5.41) is 2.11. The van der Waals surface area contributed by atoms with Gasteiger partial charge in [-0.15, -0.1) is 0 Å². The predicted molar refractivity (Wildman–Crippen MR) is 135 cm³/mol. The number of nitrogens with zero attached hydrogens (tertiary/aromatic N) is 1. The molecule has 2 nitrogen and oxygen atoms in total. The number of halogens is 1. The molecule has 0 amide bonds. The number of hydrogen-bond acceptors (Lipinski definition) is 1.